The lowest BCUT2D eigenvalue weighted by molar-refractivity contribution is -0.0844. The normalized spacial score (nSPS) is 38.4. The summed E-state index contributed by atoms with van der Waals surface area (Å²) in [6.07, 6.45) is -6.47. The minimum Gasteiger partial charge on any atom is -0.394 e. The molecule has 13 heteroatoms. The number of carbonyl (C=O) groups is 1. The summed E-state index contributed by atoms with van der Waals surface area (Å²) < 4.78 is 37.4. The van der Waals surface area contributed by atoms with E-state index in [9.17, 15) is 28.0 Å². The molecule has 2 heterocycles. The molecule has 1 unspecified atom stereocenters. The molecular weight excluding hydrogens is 324 g/mol. The van der Waals surface area contributed by atoms with Gasteiger partial charge < -0.3 is 25.9 Å². The summed E-state index contributed by atoms with van der Waals surface area (Å²) in [5.74, 6) is 4.80. The van der Waals surface area contributed by atoms with E-state index < -0.39 is 59.1 Å². The van der Waals surface area contributed by atoms with Crippen molar-refractivity contribution >= 4 is 22.0 Å². The van der Waals surface area contributed by atoms with Crippen LogP contribution in [0.2, 0.25) is 0 Å². The smallest absolute Gasteiger partial charge is 0.326 e. The minimum atomic E-state index is -4.76. The lowest BCUT2D eigenvalue weighted by Gasteiger charge is -2.38. The molecule has 0 bridgehead atoms. The van der Waals surface area contributed by atoms with Crippen molar-refractivity contribution in [2.24, 2.45) is 10.9 Å². The van der Waals surface area contributed by atoms with Gasteiger partial charge in [-0.1, -0.05) is 0 Å². The molecule has 0 aromatic rings. The molecule has 0 aromatic carbocycles. The maximum atomic E-state index is 12.0. The highest BCUT2D eigenvalue weighted by Crippen LogP contribution is 2.29. The topological polar surface area (TPSA) is 195 Å². The van der Waals surface area contributed by atoms with Gasteiger partial charge in [0.2, 0.25) is 0 Å². The van der Waals surface area contributed by atoms with Crippen LogP contribution >= 0.6 is 0 Å². The van der Waals surface area contributed by atoms with Gasteiger partial charge in [-0.3, -0.25) is 14.8 Å². The molecule has 126 valence electrons. The predicted octanol–water partition coefficient (Wildman–Crippen LogP) is -3.67. The number of hydrogen-bond donors (Lipinski definition) is 6. The van der Waals surface area contributed by atoms with Crippen LogP contribution < -0.4 is 11.2 Å². The molecular formula is C9H16N4O8S. The third kappa shape index (κ3) is 2.86. The number of nitrogens with one attached hydrogen (secondary N) is 1. The maximum Gasteiger partial charge on any atom is 0.326 e. The van der Waals surface area contributed by atoms with Gasteiger partial charge in [-0.2, -0.15) is 13.5 Å². The first kappa shape index (κ1) is 16.9. The molecule has 2 saturated heterocycles. The number of hydrazone groups is 1. The standard InChI is InChI=1S/C9H16N4O8S/c10-12-4-1-5(22(18,19)20)13(9(17)11-4)8-7(16)6(15)3(2-14)21-8/h3,5-8,14-16H,1-2,10H2,(H,11,12,17)(H,18,19,20)/t3-,5?,6-,7-,8-/m1/s1. The van der Waals surface area contributed by atoms with Gasteiger partial charge in [0.25, 0.3) is 10.1 Å². The first-order valence-corrected chi connectivity index (χ1v) is 7.65. The van der Waals surface area contributed by atoms with Gasteiger partial charge in [-0.15, -0.1) is 0 Å². The van der Waals surface area contributed by atoms with Crippen molar-refractivity contribution in [3.8, 4) is 0 Å². The van der Waals surface area contributed by atoms with E-state index in [-0.39, 0.29) is 5.84 Å². The SMILES string of the molecule is NN=C1CC(S(=O)(=O)O)N([C@@H]2O[C@H](CO)[C@@H](O)[C@H]2O)C(=O)N1. The first-order chi connectivity index (χ1) is 10.2. The number of aliphatic hydroxyl groups is 3. The van der Waals surface area contributed by atoms with Gasteiger partial charge in [0.15, 0.2) is 11.6 Å². The highest BCUT2D eigenvalue weighted by Gasteiger charge is 2.52. The third-order valence-corrected chi connectivity index (χ3v) is 4.54. The first-order valence-electron chi connectivity index (χ1n) is 6.15. The Morgan fingerprint density at radius 3 is 2.50 bits per heavy atom. The Hall–Kier alpha value is -1.51. The second-order valence-electron chi connectivity index (χ2n) is 4.82. The van der Waals surface area contributed by atoms with Crippen molar-refractivity contribution in [3.05, 3.63) is 0 Å². The summed E-state index contributed by atoms with van der Waals surface area (Å²) in [5.41, 5.74) is 0. The van der Waals surface area contributed by atoms with E-state index >= 15 is 0 Å². The zero-order valence-corrected chi connectivity index (χ0v) is 11.9. The Balaban J connectivity index is 2.36. The molecule has 2 rings (SSSR count). The second kappa shape index (κ2) is 5.94. The lowest BCUT2D eigenvalue weighted by atomic mass is 10.1. The molecule has 7 N–H and O–H groups in total. The molecule has 2 amide bonds. The molecule has 0 aromatic heterocycles. The highest BCUT2D eigenvalue weighted by molar-refractivity contribution is 7.86. The number of amides is 2. The molecule has 0 saturated carbocycles. The molecule has 0 spiro atoms. The van der Waals surface area contributed by atoms with Crippen LogP contribution in [0.4, 0.5) is 4.79 Å². The van der Waals surface area contributed by atoms with Crippen LogP contribution in [0.5, 0.6) is 0 Å². The number of carbonyl (C=O) groups excluding carboxylic acids is 1. The Kier molecular flexibility index (Phi) is 4.55. The fourth-order valence-electron chi connectivity index (χ4n) is 2.36. The maximum absolute atomic E-state index is 12.0. The van der Waals surface area contributed by atoms with Crippen molar-refractivity contribution in [2.75, 3.05) is 6.61 Å². The number of hydrogen-bond acceptors (Lipinski definition) is 9. The zero-order chi connectivity index (χ0) is 16.7. The van der Waals surface area contributed by atoms with Crippen molar-refractivity contribution < 1.29 is 37.8 Å². The van der Waals surface area contributed by atoms with Crippen LogP contribution in [0, 0.1) is 0 Å². The summed E-state index contributed by atoms with van der Waals surface area (Å²) in [4.78, 5) is 12.5. The van der Waals surface area contributed by atoms with Gasteiger partial charge in [0, 0.05) is 6.42 Å². The second-order valence-corrected chi connectivity index (χ2v) is 6.39. The van der Waals surface area contributed by atoms with Crippen molar-refractivity contribution in [1.29, 1.82) is 0 Å². The van der Waals surface area contributed by atoms with Crippen molar-refractivity contribution in [2.45, 2.75) is 36.3 Å². The molecule has 2 aliphatic rings. The van der Waals surface area contributed by atoms with Gasteiger partial charge in [-0.25, -0.2) is 4.79 Å². The van der Waals surface area contributed by atoms with Crippen LogP contribution in [0.15, 0.2) is 5.10 Å². The Morgan fingerprint density at radius 1 is 1.41 bits per heavy atom. The fourth-order valence-corrected chi connectivity index (χ4v) is 3.23. The minimum absolute atomic E-state index is 0.185. The Labute approximate surface area is 124 Å². The summed E-state index contributed by atoms with van der Waals surface area (Å²) in [6, 6.07) is -1.05. The summed E-state index contributed by atoms with van der Waals surface area (Å²) in [7, 11) is -4.76. The fraction of sp³-hybridized carbons (Fsp3) is 0.778. The average Bonchev–Trinajstić information content (AvgIpc) is 2.73. The number of ether oxygens (including phenoxy) is 1. The predicted molar refractivity (Wildman–Crippen MR) is 69.7 cm³/mol. The molecule has 22 heavy (non-hydrogen) atoms. The molecule has 2 aliphatic heterocycles. The van der Waals surface area contributed by atoms with E-state index in [0.717, 1.165) is 0 Å². The number of amidine groups is 1. The van der Waals surface area contributed by atoms with E-state index in [2.05, 4.69) is 10.4 Å². The van der Waals surface area contributed by atoms with Crippen LogP contribution in [-0.4, -0.2) is 81.6 Å². The van der Waals surface area contributed by atoms with E-state index in [0.29, 0.717) is 4.90 Å². The third-order valence-electron chi connectivity index (χ3n) is 3.45. The van der Waals surface area contributed by atoms with Crippen LogP contribution in [0.1, 0.15) is 6.42 Å². The molecule has 2 fully saturated rings. The van der Waals surface area contributed by atoms with Gasteiger partial charge >= 0.3 is 6.03 Å². The Bertz CT molecular complexity index is 580. The largest absolute Gasteiger partial charge is 0.394 e. The summed E-state index contributed by atoms with van der Waals surface area (Å²) in [5, 5.41) is 32.1. The van der Waals surface area contributed by atoms with Gasteiger partial charge in [-0.05, 0) is 0 Å². The van der Waals surface area contributed by atoms with Crippen molar-refractivity contribution in [3.63, 3.8) is 0 Å². The quantitative estimate of drug-likeness (QED) is 0.170. The van der Waals surface area contributed by atoms with Crippen LogP contribution in [0.3, 0.4) is 0 Å². The number of rotatable bonds is 3. The molecule has 0 radical (unpaired) electrons. The van der Waals surface area contributed by atoms with E-state index in [1.807, 2.05) is 0 Å². The van der Waals surface area contributed by atoms with Gasteiger partial charge in [0.05, 0.1) is 6.61 Å². The van der Waals surface area contributed by atoms with Crippen LogP contribution in [0.25, 0.3) is 0 Å². The van der Waals surface area contributed by atoms with E-state index in [1.54, 1.807) is 0 Å². The van der Waals surface area contributed by atoms with Crippen molar-refractivity contribution in [1.82, 2.24) is 10.2 Å². The van der Waals surface area contributed by atoms with E-state index in [1.165, 1.54) is 0 Å². The monoisotopic (exact) mass is 340 g/mol. The highest BCUT2D eigenvalue weighted by atomic mass is 32.2. The van der Waals surface area contributed by atoms with E-state index in [4.69, 9.17) is 15.7 Å². The average molecular weight is 340 g/mol. The number of aliphatic hydroxyl groups excluding tert-OH is 3. The summed E-state index contributed by atoms with van der Waals surface area (Å²) >= 11 is 0. The lowest BCUT2D eigenvalue weighted by Crippen LogP contribution is -2.63. The van der Waals surface area contributed by atoms with Gasteiger partial charge in [0.1, 0.15) is 24.1 Å². The molecule has 12 nitrogen and oxygen atoms in total. The number of nitrogens with zero attached hydrogens (tertiary/aromatic N) is 2. The Morgan fingerprint density at radius 2 is 2.05 bits per heavy atom. The van der Waals surface area contributed by atoms with Crippen LogP contribution in [-0.2, 0) is 14.9 Å². The summed E-state index contributed by atoms with van der Waals surface area (Å²) in [6.45, 7) is -0.657. The molecule has 5 atom stereocenters. The zero-order valence-electron chi connectivity index (χ0n) is 11.1. The molecule has 0 aliphatic carbocycles. The number of nitrogens with two attached hydrogens (primary N) is 1. The number of urea groups is 1.